The maximum absolute atomic E-state index is 12.8. The van der Waals surface area contributed by atoms with Gasteiger partial charge in [0.1, 0.15) is 5.69 Å². The van der Waals surface area contributed by atoms with Crippen LogP contribution in [0.5, 0.6) is 0 Å². The van der Waals surface area contributed by atoms with E-state index in [4.69, 9.17) is 0 Å². The number of nitrogens with one attached hydrogen (secondary N) is 1. The monoisotopic (exact) mass is 357 g/mol. The number of Topliss-reactive ketones (excluding diaryl/α,β-unsaturated/α-hetero) is 1. The first-order valence-corrected chi connectivity index (χ1v) is 8.86. The summed E-state index contributed by atoms with van der Waals surface area (Å²) in [7, 11) is 0. The minimum atomic E-state index is -0.0858. The van der Waals surface area contributed by atoms with Gasteiger partial charge < -0.3 is 10.2 Å². The van der Waals surface area contributed by atoms with Crippen molar-refractivity contribution in [3.8, 4) is 0 Å². The summed E-state index contributed by atoms with van der Waals surface area (Å²) in [6.45, 7) is 2.23. The molecule has 5 nitrogen and oxygen atoms in total. The highest BCUT2D eigenvalue weighted by atomic mass is 16.2. The Hall–Kier alpha value is -3.47. The Bertz CT molecular complexity index is 995. The van der Waals surface area contributed by atoms with Crippen LogP contribution in [0.4, 0.5) is 17.1 Å². The van der Waals surface area contributed by atoms with Crippen molar-refractivity contribution in [2.75, 3.05) is 16.8 Å². The molecule has 4 rings (SSSR count). The zero-order valence-electron chi connectivity index (χ0n) is 15.0. The normalized spacial score (nSPS) is 12.6. The molecule has 0 aliphatic carbocycles. The summed E-state index contributed by atoms with van der Waals surface area (Å²) < 4.78 is 0. The Morgan fingerprint density at radius 2 is 1.70 bits per heavy atom. The Kier molecular flexibility index (Phi) is 4.42. The molecule has 0 saturated carbocycles. The van der Waals surface area contributed by atoms with Crippen LogP contribution in [0, 0.1) is 0 Å². The Balaban J connectivity index is 1.47. The molecule has 1 aliphatic heterocycles. The van der Waals surface area contributed by atoms with Crippen molar-refractivity contribution >= 4 is 28.8 Å². The van der Waals surface area contributed by atoms with Crippen molar-refractivity contribution < 1.29 is 9.59 Å². The maximum Gasteiger partial charge on any atom is 0.276 e. The van der Waals surface area contributed by atoms with Gasteiger partial charge in [0.2, 0.25) is 0 Å². The van der Waals surface area contributed by atoms with E-state index in [9.17, 15) is 9.59 Å². The third-order valence-electron chi connectivity index (χ3n) is 4.70. The molecule has 1 aliphatic rings. The fraction of sp³-hybridized carbons (Fsp3) is 0.136. The Morgan fingerprint density at radius 3 is 2.41 bits per heavy atom. The standard InChI is InChI=1S/C22H19N3O2/c1-15(26)16-6-8-18(9-7-16)24-19-10-11-20(23-14-19)22(27)25-13-12-17-4-2-3-5-21(17)25/h2-11,14,24H,12-13H2,1H3. The molecule has 0 radical (unpaired) electrons. The van der Waals surface area contributed by atoms with Gasteiger partial charge >= 0.3 is 0 Å². The number of amides is 1. The predicted molar refractivity (Wildman–Crippen MR) is 106 cm³/mol. The molecule has 2 aromatic carbocycles. The number of pyridine rings is 1. The molecule has 0 saturated heterocycles. The van der Waals surface area contributed by atoms with Crippen molar-refractivity contribution in [3.05, 3.63) is 83.7 Å². The summed E-state index contributed by atoms with van der Waals surface area (Å²) in [4.78, 5) is 30.2. The first-order valence-electron chi connectivity index (χ1n) is 8.86. The lowest BCUT2D eigenvalue weighted by molar-refractivity contribution is 0.0982. The zero-order valence-corrected chi connectivity index (χ0v) is 15.0. The van der Waals surface area contributed by atoms with Crippen molar-refractivity contribution in [3.63, 3.8) is 0 Å². The smallest absolute Gasteiger partial charge is 0.276 e. The molecule has 1 N–H and O–H groups in total. The lowest BCUT2D eigenvalue weighted by atomic mass is 10.1. The molecule has 27 heavy (non-hydrogen) atoms. The van der Waals surface area contributed by atoms with Crippen LogP contribution < -0.4 is 10.2 Å². The number of nitrogens with zero attached hydrogens (tertiary/aromatic N) is 2. The fourth-order valence-electron chi connectivity index (χ4n) is 3.24. The summed E-state index contributed by atoms with van der Waals surface area (Å²) in [6, 6.07) is 18.8. The topological polar surface area (TPSA) is 62.3 Å². The van der Waals surface area contributed by atoms with E-state index in [2.05, 4.69) is 16.4 Å². The average Bonchev–Trinajstić information content (AvgIpc) is 3.12. The molecular formula is C22H19N3O2. The van der Waals surface area contributed by atoms with Gasteiger partial charge in [0.15, 0.2) is 5.78 Å². The molecule has 1 amide bonds. The molecule has 0 bridgehead atoms. The van der Waals surface area contributed by atoms with Crippen molar-refractivity contribution in [2.45, 2.75) is 13.3 Å². The molecule has 134 valence electrons. The van der Waals surface area contributed by atoms with Gasteiger partial charge in [-0.3, -0.25) is 9.59 Å². The number of fused-ring (bicyclic) bond motifs is 1. The summed E-state index contributed by atoms with van der Waals surface area (Å²) in [5.41, 5.74) is 4.89. The molecule has 0 spiro atoms. The number of aromatic nitrogens is 1. The predicted octanol–water partition coefficient (Wildman–Crippen LogP) is 4.23. The highest BCUT2D eigenvalue weighted by Crippen LogP contribution is 2.28. The minimum Gasteiger partial charge on any atom is -0.354 e. The van der Waals surface area contributed by atoms with Gasteiger partial charge in [-0.1, -0.05) is 18.2 Å². The lowest BCUT2D eigenvalue weighted by Gasteiger charge is -2.17. The average molecular weight is 357 g/mol. The van der Waals surface area contributed by atoms with Crippen LogP contribution >= 0.6 is 0 Å². The first-order chi connectivity index (χ1) is 13.1. The van der Waals surface area contributed by atoms with Crippen molar-refractivity contribution in [2.24, 2.45) is 0 Å². The van der Waals surface area contributed by atoms with E-state index in [1.807, 2.05) is 36.4 Å². The van der Waals surface area contributed by atoms with E-state index in [0.29, 0.717) is 17.8 Å². The third kappa shape index (κ3) is 3.44. The highest BCUT2D eigenvalue weighted by Gasteiger charge is 2.25. The zero-order chi connectivity index (χ0) is 18.8. The van der Waals surface area contributed by atoms with E-state index >= 15 is 0 Å². The van der Waals surface area contributed by atoms with Gasteiger partial charge in [0, 0.05) is 23.5 Å². The molecule has 2 heterocycles. The van der Waals surface area contributed by atoms with Crippen LogP contribution in [0.25, 0.3) is 0 Å². The summed E-state index contributed by atoms with van der Waals surface area (Å²) in [5.74, 6) is -0.0492. The van der Waals surface area contributed by atoms with Crippen molar-refractivity contribution in [1.29, 1.82) is 0 Å². The van der Waals surface area contributed by atoms with Gasteiger partial charge in [-0.15, -0.1) is 0 Å². The second-order valence-electron chi connectivity index (χ2n) is 6.53. The van der Waals surface area contributed by atoms with E-state index < -0.39 is 0 Å². The minimum absolute atomic E-state index is 0.0366. The van der Waals surface area contributed by atoms with Crippen LogP contribution in [-0.4, -0.2) is 23.2 Å². The Morgan fingerprint density at radius 1 is 0.963 bits per heavy atom. The highest BCUT2D eigenvalue weighted by molar-refractivity contribution is 6.06. The number of para-hydroxylation sites is 1. The van der Waals surface area contributed by atoms with E-state index in [0.717, 1.165) is 23.5 Å². The number of benzene rings is 2. The number of carbonyl (C=O) groups excluding carboxylic acids is 2. The molecule has 5 heteroatoms. The molecular weight excluding hydrogens is 338 g/mol. The third-order valence-corrected chi connectivity index (χ3v) is 4.70. The first kappa shape index (κ1) is 17.0. The van der Waals surface area contributed by atoms with Gasteiger partial charge in [0.25, 0.3) is 5.91 Å². The SMILES string of the molecule is CC(=O)c1ccc(Nc2ccc(C(=O)N3CCc4ccccc43)nc2)cc1. The van der Waals surface area contributed by atoms with Crippen LogP contribution in [0.1, 0.15) is 33.3 Å². The second kappa shape index (κ2) is 7.03. The van der Waals surface area contributed by atoms with Crippen molar-refractivity contribution in [1.82, 2.24) is 4.98 Å². The van der Waals surface area contributed by atoms with E-state index in [1.54, 1.807) is 36.2 Å². The van der Waals surface area contributed by atoms with Gasteiger partial charge in [-0.05, 0) is 61.4 Å². The van der Waals surface area contributed by atoms with Crippen LogP contribution in [0.2, 0.25) is 0 Å². The van der Waals surface area contributed by atoms with Gasteiger partial charge in [-0.25, -0.2) is 4.98 Å². The quantitative estimate of drug-likeness (QED) is 0.710. The number of hydrogen-bond acceptors (Lipinski definition) is 4. The number of carbonyl (C=O) groups is 2. The molecule has 3 aromatic rings. The van der Waals surface area contributed by atoms with E-state index in [1.165, 1.54) is 5.56 Å². The van der Waals surface area contributed by atoms with E-state index in [-0.39, 0.29) is 11.7 Å². The molecule has 0 atom stereocenters. The van der Waals surface area contributed by atoms with Gasteiger partial charge in [-0.2, -0.15) is 0 Å². The largest absolute Gasteiger partial charge is 0.354 e. The summed E-state index contributed by atoms with van der Waals surface area (Å²) in [6.07, 6.45) is 2.52. The summed E-state index contributed by atoms with van der Waals surface area (Å²) >= 11 is 0. The number of ketones is 1. The fourth-order valence-corrected chi connectivity index (χ4v) is 3.24. The molecule has 1 aromatic heterocycles. The molecule has 0 fully saturated rings. The number of rotatable bonds is 4. The number of hydrogen-bond donors (Lipinski definition) is 1. The van der Waals surface area contributed by atoms with Gasteiger partial charge in [0.05, 0.1) is 11.9 Å². The van der Waals surface area contributed by atoms with Crippen LogP contribution in [0.15, 0.2) is 66.9 Å². The summed E-state index contributed by atoms with van der Waals surface area (Å²) in [5, 5.41) is 3.22. The van der Waals surface area contributed by atoms with Crippen LogP contribution in [-0.2, 0) is 6.42 Å². The molecule has 0 unspecified atom stereocenters. The Labute approximate surface area is 157 Å². The lowest BCUT2D eigenvalue weighted by Crippen LogP contribution is -2.29. The van der Waals surface area contributed by atoms with Crippen LogP contribution in [0.3, 0.4) is 0 Å². The maximum atomic E-state index is 12.8. The second-order valence-corrected chi connectivity index (χ2v) is 6.53. The number of anilines is 3.